The molecule has 76 valence electrons. The van der Waals surface area contributed by atoms with Gasteiger partial charge in [0.15, 0.2) is 0 Å². The minimum atomic E-state index is -0.499. The fourth-order valence-corrected chi connectivity index (χ4v) is 0.907. The molecular weight excluding hydrogens is 186 g/mol. The molecule has 0 aromatic heterocycles. The quantitative estimate of drug-likeness (QED) is 0.434. The van der Waals surface area contributed by atoms with Crippen LogP contribution in [0.25, 0.3) is 0 Å². The summed E-state index contributed by atoms with van der Waals surface area (Å²) in [6.07, 6.45) is 0. The molecular formula is C8H11N3O3. The molecule has 0 spiro atoms. The molecule has 0 unspecified atom stereocenters. The maximum absolute atomic E-state index is 10.4. The lowest BCUT2D eigenvalue weighted by atomic mass is 10.2. The average molecular weight is 197 g/mol. The number of nitro benzene ring substituents is 1. The van der Waals surface area contributed by atoms with E-state index in [4.69, 9.17) is 10.6 Å². The number of non-ortho nitro benzene ring substituents is 1. The second-order valence-corrected chi connectivity index (χ2v) is 2.56. The SMILES string of the molecule is CCONc1ccc([N+](=O)[O-])cc1N. The first-order chi connectivity index (χ1) is 6.65. The maximum atomic E-state index is 10.4. The van der Waals surface area contributed by atoms with Gasteiger partial charge in [-0.3, -0.25) is 20.4 Å². The van der Waals surface area contributed by atoms with E-state index >= 15 is 0 Å². The van der Waals surface area contributed by atoms with Gasteiger partial charge >= 0.3 is 0 Å². The highest BCUT2D eigenvalue weighted by atomic mass is 16.6. The summed E-state index contributed by atoms with van der Waals surface area (Å²) in [4.78, 5) is 14.8. The van der Waals surface area contributed by atoms with Gasteiger partial charge in [0.25, 0.3) is 5.69 Å². The van der Waals surface area contributed by atoms with Crippen LogP contribution in [-0.4, -0.2) is 11.5 Å². The van der Waals surface area contributed by atoms with Crippen LogP contribution in [0.4, 0.5) is 17.1 Å². The third-order valence-electron chi connectivity index (χ3n) is 1.57. The smallest absolute Gasteiger partial charge is 0.271 e. The van der Waals surface area contributed by atoms with Crippen molar-refractivity contribution >= 4 is 17.1 Å². The lowest BCUT2D eigenvalue weighted by molar-refractivity contribution is -0.384. The molecule has 14 heavy (non-hydrogen) atoms. The predicted molar refractivity (Wildman–Crippen MR) is 52.8 cm³/mol. The van der Waals surface area contributed by atoms with Crippen molar-refractivity contribution in [1.82, 2.24) is 0 Å². The summed E-state index contributed by atoms with van der Waals surface area (Å²) < 4.78 is 0. The van der Waals surface area contributed by atoms with Crippen LogP contribution >= 0.6 is 0 Å². The van der Waals surface area contributed by atoms with Crippen LogP contribution in [0.5, 0.6) is 0 Å². The van der Waals surface area contributed by atoms with Crippen LogP contribution < -0.4 is 11.2 Å². The Morgan fingerprint density at radius 3 is 2.86 bits per heavy atom. The van der Waals surface area contributed by atoms with Crippen LogP contribution in [0.15, 0.2) is 18.2 Å². The summed E-state index contributed by atoms with van der Waals surface area (Å²) >= 11 is 0. The van der Waals surface area contributed by atoms with E-state index in [0.29, 0.717) is 12.3 Å². The molecule has 0 heterocycles. The molecule has 1 rings (SSSR count). The van der Waals surface area contributed by atoms with E-state index in [0.717, 1.165) is 0 Å². The normalized spacial score (nSPS) is 9.79. The number of nitrogens with two attached hydrogens (primary N) is 1. The molecule has 0 radical (unpaired) electrons. The van der Waals surface area contributed by atoms with Crippen molar-refractivity contribution in [2.24, 2.45) is 0 Å². The van der Waals surface area contributed by atoms with E-state index in [1.54, 1.807) is 0 Å². The Labute approximate surface area is 80.8 Å². The average Bonchev–Trinajstić information content (AvgIpc) is 2.15. The molecule has 3 N–H and O–H groups in total. The Balaban J connectivity index is 2.84. The number of anilines is 2. The third kappa shape index (κ3) is 2.33. The van der Waals surface area contributed by atoms with Crippen molar-refractivity contribution in [2.75, 3.05) is 17.8 Å². The van der Waals surface area contributed by atoms with E-state index in [1.165, 1.54) is 18.2 Å². The van der Waals surface area contributed by atoms with Gasteiger partial charge in [0.2, 0.25) is 0 Å². The first-order valence-electron chi connectivity index (χ1n) is 4.07. The minimum Gasteiger partial charge on any atom is -0.397 e. The van der Waals surface area contributed by atoms with Gasteiger partial charge in [0, 0.05) is 12.1 Å². The van der Waals surface area contributed by atoms with E-state index in [1.807, 2.05) is 6.92 Å². The van der Waals surface area contributed by atoms with Crippen LogP contribution in [0.3, 0.4) is 0 Å². The van der Waals surface area contributed by atoms with E-state index in [-0.39, 0.29) is 11.4 Å². The zero-order valence-electron chi connectivity index (χ0n) is 7.69. The molecule has 0 fully saturated rings. The molecule has 6 nitrogen and oxygen atoms in total. The van der Waals surface area contributed by atoms with Crippen LogP contribution in [0.2, 0.25) is 0 Å². The van der Waals surface area contributed by atoms with E-state index < -0.39 is 4.92 Å². The van der Waals surface area contributed by atoms with Crippen molar-refractivity contribution in [3.63, 3.8) is 0 Å². The fraction of sp³-hybridized carbons (Fsp3) is 0.250. The molecule has 0 aliphatic rings. The van der Waals surface area contributed by atoms with Crippen molar-refractivity contribution in [1.29, 1.82) is 0 Å². The van der Waals surface area contributed by atoms with Crippen LogP contribution in [0, 0.1) is 10.1 Å². The molecule has 0 saturated heterocycles. The second-order valence-electron chi connectivity index (χ2n) is 2.56. The van der Waals surface area contributed by atoms with Gasteiger partial charge in [-0.15, -0.1) is 0 Å². The van der Waals surface area contributed by atoms with Crippen molar-refractivity contribution in [2.45, 2.75) is 6.92 Å². The monoisotopic (exact) mass is 197 g/mol. The summed E-state index contributed by atoms with van der Waals surface area (Å²) in [6.45, 7) is 2.30. The Morgan fingerprint density at radius 1 is 1.64 bits per heavy atom. The number of nitrogens with one attached hydrogen (secondary N) is 1. The van der Waals surface area contributed by atoms with Gasteiger partial charge < -0.3 is 5.73 Å². The standard InChI is InChI=1S/C8H11N3O3/c1-2-14-10-8-4-3-6(11(12)13)5-7(8)9/h3-5,10H,2,9H2,1H3. The van der Waals surface area contributed by atoms with Crippen molar-refractivity contribution < 1.29 is 9.76 Å². The molecule has 0 bridgehead atoms. The zero-order chi connectivity index (χ0) is 10.6. The van der Waals surface area contributed by atoms with Crippen LogP contribution in [0.1, 0.15) is 6.92 Å². The highest BCUT2D eigenvalue weighted by molar-refractivity contribution is 5.68. The molecule has 0 aliphatic heterocycles. The highest BCUT2D eigenvalue weighted by Crippen LogP contribution is 2.23. The molecule has 6 heteroatoms. The second kappa shape index (κ2) is 4.43. The van der Waals surface area contributed by atoms with E-state index in [9.17, 15) is 10.1 Å². The van der Waals surface area contributed by atoms with Crippen molar-refractivity contribution in [3.8, 4) is 0 Å². The topological polar surface area (TPSA) is 90.4 Å². The Morgan fingerprint density at radius 2 is 2.36 bits per heavy atom. The predicted octanol–water partition coefficient (Wildman–Crippen LogP) is 1.54. The first-order valence-corrected chi connectivity index (χ1v) is 4.07. The number of hydrogen-bond donors (Lipinski definition) is 2. The summed E-state index contributed by atoms with van der Waals surface area (Å²) in [6, 6.07) is 4.14. The highest BCUT2D eigenvalue weighted by Gasteiger charge is 2.07. The maximum Gasteiger partial charge on any atom is 0.271 e. The Kier molecular flexibility index (Phi) is 3.24. The molecule has 1 aromatic carbocycles. The molecule has 0 aliphatic carbocycles. The number of rotatable bonds is 4. The summed E-state index contributed by atoms with van der Waals surface area (Å²) in [5.74, 6) is 0. The molecule has 0 atom stereocenters. The zero-order valence-corrected chi connectivity index (χ0v) is 7.69. The first kappa shape index (κ1) is 10.3. The van der Waals surface area contributed by atoms with Gasteiger partial charge in [-0.2, -0.15) is 0 Å². The van der Waals surface area contributed by atoms with Crippen LogP contribution in [-0.2, 0) is 4.84 Å². The van der Waals surface area contributed by atoms with E-state index in [2.05, 4.69) is 5.48 Å². The van der Waals surface area contributed by atoms with Gasteiger partial charge in [0.1, 0.15) is 0 Å². The summed E-state index contributed by atoms with van der Waals surface area (Å²) in [5, 5.41) is 10.4. The summed E-state index contributed by atoms with van der Waals surface area (Å²) in [5.41, 5.74) is 8.91. The van der Waals surface area contributed by atoms with Crippen molar-refractivity contribution in [3.05, 3.63) is 28.3 Å². The number of nitrogen functional groups attached to an aromatic ring is 1. The Bertz CT molecular complexity index is 341. The molecule has 0 amide bonds. The molecule has 1 aromatic rings. The largest absolute Gasteiger partial charge is 0.397 e. The van der Waals surface area contributed by atoms with Gasteiger partial charge in [0.05, 0.1) is 22.9 Å². The lowest BCUT2D eigenvalue weighted by Crippen LogP contribution is -2.03. The van der Waals surface area contributed by atoms with Gasteiger partial charge in [-0.25, -0.2) is 0 Å². The number of benzene rings is 1. The van der Waals surface area contributed by atoms with Gasteiger partial charge in [-0.1, -0.05) is 0 Å². The molecule has 0 saturated carbocycles. The lowest BCUT2D eigenvalue weighted by Gasteiger charge is -2.07. The number of hydrogen-bond acceptors (Lipinski definition) is 5. The number of nitro groups is 1. The fourth-order valence-electron chi connectivity index (χ4n) is 0.907. The summed E-state index contributed by atoms with van der Waals surface area (Å²) in [7, 11) is 0. The minimum absolute atomic E-state index is 0.0375. The Hall–Kier alpha value is -1.82. The number of nitrogens with zero attached hydrogens (tertiary/aromatic N) is 1. The third-order valence-corrected chi connectivity index (χ3v) is 1.57. The van der Waals surface area contributed by atoms with Gasteiger partial charge in [-0.05, 0) is 13.0 Å².